The first-order valence-electron chi connectivity index (χ1n) is 10.4. The number of primary amides is 1. The van der Waals surface area contributed by atoms with Crippen LogP contribution in [0.2, 0.25) is 0 Å². The van der Waals surface area contributed by atoms with Crippen LogP contribution in [0.25, 0.3) is 22.6 Å². The Balaban J connectivity index is 1.97. The normalized spacial score (nSPS) is 11.3. The van der Waals surface area contributed by atoms with Gasteiger partial charge in [-0.25, -0.2) is 19.2 Å². The number of ketones is 1. The maximum Gasteiger partial charge on any atom is 0.331 e. The van der Waals surface area contributed by atoms with Crippen molar-refractivity contribution in [3.8, 4) is 11.4 Å². The van der Waals surface area contributed by atoms with Gasteiger partial charge in [0.1, 0.15) is 11.3 Å². The summed E-state index contributed by atoms with van der Waals surface area (Å²) in [5.74, 6) is -1.66. The maximum absolute atomic E-state index is 13.8. The number of fused-ring (bicyclic) bond motifs is 1. The van der Waals surface area contributed by atoms with E-state index in [9.17, 15) is 18.8 Å². The number of aryl methyl sites for hydroxylation is 1. The number of nitrogens with zero attached hydrogens (tertiary/aromatic N) is 4. The summed E-state index contributed by atoms with van der Waals surface area (Å²) in [4.78, 5) is 47.3. The minimum atomic E-state index is -0.891. The molecule has 8 nitrogen and oxygen atoms in total. The Hall–Kier alpha value is -4.14. The lowest BCUT2D eigenvalue weighted by Gasteiger charge is -2.09. The molecule has 1 amide bonds. The van der Waals surface area contributed by atoms with Gasteiger partial charge in [-0.05, 0) is 32.9 Å². The quantitative estimate of drug-likeness (QED) is 0.456. The molecule has 0 aliphatic carbocycles. The predicted molar refractivity (Wildman–Crippen MR) is 122 cm³/mol. The van der Waals surface area contributed by atoms with Crippen LogP contribution in [0.3, 0.4) is 0 Å². The van der Waals surface area contributed by atoms with Crippen molar-refractivity contribution in [2.24, 2.45) is 5.73 Å². The van der Waals surface area contributed by atoms with Gasteiger partial charge in [0.05, 0.1) is 6.54 Å². The Morgan fingerprint density at radius 2 is 1.79 bits per heavy atom. The first-order valence-corrected chi connectivity index (χ1v) is 10.4. The van der Waals surface area contributed by atoms with Crippen molar-refractivity contribution in [2.75, 3.05) is 0 Å². The van der Waals surface area contributed by atoms with Crippen LogP contribution in [-0.2, 0) is 6.54 Å². The average Bonchev–Trinajstić information content (AvgIpc) is 3.04. The third-order valence-electron chi connectivity index (χ3n) is 5.31. The lowest BCUT2D eigenvalue weighted by molar-refractivity contribution is 0.0966. The molecule has 4 rings (SSSR count). The summed E-state index contributed by atoms with van der Waals surface area (Å²) in [7, 11) is 0. The van der Waals surface area contributed by atoms with Gasteiger partial charge in [-0.15, -0.1) is 0 Å². The van der Waals surface area contributed by atoms with Gasteiger partial charge >= 0.3 is 5.69 Å². The summed E-state index contributed by atoms with van der Waals surface area (Å²) >= 11 is 0. The SMILES string of the molecule is Cc1ccc(C(=O)Cn2c(=O)n(C(C)C)c3nc(-c4cccc(F)c4)nc(C(N)=O)c32)cc1. The number of amides is 1. The molecule has 0 bridgehead atoms. The Morgan fingerprint density at radius 1 is 1.09 bits per heavy atom. The summed E-state index contributed by atoms with van der Waals surface area (Å²) in [6.07, 6.45) is 0. The molecule has 2 heterocycles. The van der Waals surface area contributed by atoms with Crippen molar-refractivity contribution < 1.29 is 14.0 Å². The molecule has 0 atom stereocenters. The molecular formula is C24H22FN5O3. The molecule has 0 saturated carbocycles. The Kier molecular flexibility index (Phi) is 5.63. The number of hydrogen-bond donors (Lipinski definition) is 1. The first kappa shape index (κ1) is 22.1. The second-order valence-corrected chi connectivity index (χ2v) is 8.06. The van der Waals surface area contributed by atoms with Gasteiger partial charge in [-0.1, -0.05) is 42.0 Å². The number of carbonyl (C=O) groups excluding carboxylic acids is 2. The molecule has 168 valence electrons. The van der Waals surface area contributed by atoms with Gasteiger partial charge in [-0.3, -0.25) is 18.7 Å². The van der Waals surface area contributed by atoms with Crippen molar-refractivity contribution >= 4 is 22.9 Å². The summed E-state index contributed by atoms with van der Waals surface area (Å²) in [5, 5.41) is 0. The zero-order valence-corrected chi connectivity index (χ0v) is 18.4. The highest BCUT2D eigenvalue weighted by Crippen LogP contribution is 2.24. The van der Waals surface area contributed by atoms with E-state index in [4.69, 9.17) is 5.73 Å². The van der Waals surface area contributed by atoms with E-state index in [2.05, 4.69) is 9.97 Å². The molecule has 2 aromatic heterocycles. The van der Waals surface area contributed by atoms with Crippen LogP contribution in [0.4, 0.5) is 4.39 Å². The molecular weight excluding hydrogens is 425 g/mol. The molecule has 0 saturated heterocycles. The number of nitrogens with two attached hydrogens (primary N) is 1. The number of halogens is 1. The summed E-state index contributed by atoms with van der Waals surface area (Å²) in [6, 6.07) is 12.2. The van der Waals surface area contributed by atoms with Crippen molar-refractivity contribution in [3.63, 3.8) is 0 Å². The van der Waals surface area contributed by atoms with Gasteiger partial charge in [0, 0.05) is 17.2 Å². The number of rotatable bonds is 6. The van der Waals surface area contributed by atoms with E-state index in [1.807, 2.05) is 6.92 Å². The first-order chi connectivity index (χ1) is 15.7. The molecule has 0 unspecified atom stereocenters. The Labute approximate surface area is 188 Å². The molecule has 2 N–H and O–H groups in total. The topological polar surface area (TPSA) is 113 Å². The largest absolute Gasteiger partial charge is 0.364 e. The molecule has 0 spiro atoms. The molecule has 0 aliphatic heterocycles. The van der Waals surface area contributed by atoms with Gasteiger partial charge in [-0.2, -0.15) is 0 Å². The fourth-order valence-corrected chi connectivity index (χ4v) is 3.69. The summed E-state index contributed by atoms with van der Waals surface area (Å²) < 4.78 is 16.3. The number of Topliss-reactive ketones (excluding diaryl/α,β-unsaturated/α-hetero) is 1. The van der Waals surface area contributed by atoms with Crippen LogP contribution < -0.4 is 11.4 Å². The van der Waals surface area contributed by atoms with E-state index in [1.165, 1.54) is 27.3 Å². The van der Waals surface area contributed by atoms with Crippen LogP contribution in [0.5, 0.6) is 0 Å². The summed E-state index contributed by atoms with van der Waals surface area (Å²) in [5.41, 5.74) is 6.84. The van der Waals surface area contributed by atoms with Crippen molar-refractivity contribution in [2.45, 2.75) is 33.4 Å². The highest BCUT2D eigenvalue weighted by atomic mass is 19.1. The Bertz CT molecular complexity index is 1450. The fourth-order valence-electron chi connectivity index (χ4n) is 3.69. The molecule has 33 heavy (non-hydrogen) atoms. The number of carbonyl (C=O) groups is 2. The number of hydrogen-bond acceptors (Lipinski definition) is 5. The number of aromatic nitrogens is 4. The lowest BCUT2D eigenvalue weighted by Crippen LogP contribution is -2.28. The number of benzene rings is 2. The summed E-state index contributed by atoms with van der Waals surface area (Å²) in [6.45, 7) is 5.14. The van der Waals surface area contributed by atoms with Crippen LogP contribution in [0.1, 0.15) is 46.3 Å². The van der Waals surface area contributed by atoms with E-state index >= 15 is 0 Å². The van der Waals surface area contributed by atoms with Crippen molar-refractivity contribution in [3.05, 3.63) is 81.7 Å². The highest BCUT2D eigenvalue weighted by molar-refractivity contribution is 6.03. The highest BCUT2D eigenvalue weighted by Gasteiger charge is 2.26. The van der Waals surface area contributed by atoms with Gasteiger partial charge < -0.3 is 5.73 Å². The number of imidazole rings is 1. The van der Waals surface area contributed by atoms with E-state index in [-0.39, 0.29) is 41.1 Å². The molecule has 9 heteroatoms. The molecule has 0 fully saturated rings. The van der Waals surface area contributed by atoms with Crippen LogP contribution in [-0.4, -0.2) is 30.8 Å². The Morgan fingerprint density at radius 3 is 2.39 bits per heavy atom. The molecule has 0 radical (unpaired) electrons. The maximum atomic E-state index is 13.8. The predicted octanol–water partition coefficient (Wildman–Crippen LogP) is 3.27. The van der Waals surface area contributed by atoms with Crippen LogP contribution >= 0.6 is 0 Å². The monoisotopic (exact) mass is 447 g/mol. The average molecular weight is 447 g/mol. The minimum absolute atomic E-state index is 0.0483. The fraction of sp³-hybridized carbons (Fsp3) is 0.208. The van der Waals surface area contributed by atoms with E-state index in [1.54, 1.807) is 44.2 Å². The standard InChI is InChI=1S/C24H22FN5O3/c1-13(2)30-23-20(29(24(30)33)12-18(31)15-9-7-14(3)8-10-15)19(21(26)32)27-22(28-23)16-5-4-6-17(25)11-16/h4-11,13H,12H2,1-3H3,(H2,26,32). The van der Waals surface area contributed by atoms with Gasteiger partial charge in [0.15, 0.2) is 22.9 Å². The zero-order valence-electron chi connectivity index (χ0n) is 18.4. The van der Waals surface area contributed by atoms with E-state index in [0.717, 1.165) is 5.56 Å². The van der Waals surface area contributed by atoms with Gasteiger partial charge in [0.25, 0.3) is 5.91 Å². The third kappa shape index (κ3) is 4.05. The molecule has 4 aromatic rings. The lowest BCUT2D eigenvalue weighted by atomic mass is 10.1. The van der Waals surface area contributed by atoms with E-state index in [0.29, 0.717) is 11.1 Å². The smallest absolute Gasteiger partial charge is 0.331 e. The van der Waals surface area contributed by atoms with Gasteiger partial charge in [0.2, 0.25) is 0 Å². The van der Waals surface area contributed by atoms with Crippen molar-refractivity contribution in [1.29, 1.82) is 0 Å². The second kappa shape index (κ2) is 8.42. The third-order valence-corrected chi connectivity index (χ3v) is 5.31. The molecule has 2 aromatic carbocycles. The van der Waals surface area contributed by atoms with E-state index < -0.39 is 17.4 Å². The minimum Gasteiger partial charge on any atom is -0.364 e. The molecule has 0 aliphatic rings. The van der Waals surface area contributed by atoms with Crippen LogP contribution in [0.15, 0.2) is 53.3 Å². The zero-order chi connectivity index (χ0) is 23.9. The van der Waals surface area contributed by atoms with Crippen molar-refractivity contribution in [1.82, 2.24) is 19.1 Å². The second-order valence-electron chi connectivity index (χ2n) is 8.06. The van der Waals surface area contributed by atoms with Crippen LogP contribution in [0, 0.1) is 12.7 Å².